The number of amides is 1. The van der Waals surface area contributed by atoms with Crippen molar-refractivity contribution in [3.8, 4) is 17.0 Å². The van der Waals surface area contributed by atoms with E-state index < -0.39 is 6.61 Å². The van der Waals surface area contributed by atoms with Crippen LogP contribution < -0.4 is 10.1 Å². The maximum atomic E-state index is 12.8. The molecule has 2 aromatic heterocycles. The van der Waals surface area contributed by atoms with Crippen LogP contribution in [0.2, 0.25) is 0 Å². The summed E-state index contributed by atoms with van der Waals surface area (Å²) in [6.45, 7) is -0.985. The highest BCUT2D eigenvalue weighted by atomic mass is 32.1. The SMILES string of the molecule is Cc1sc(NC(=O)c2ccnc3ccccc23)nc1-c1ccc(OC(F)F)cc1. The van der Waals surface area contributed by atoms with Gasteiger partial charge in [-0.05, 0) is 43.3 Å². The zero-order valence-electron chi connectivity index (χ0n) is 15.2. The van der Waals surface area contributed by atoms with Crippen molar-refractivity contribution < 1.29 is 18.3 Å². The third kappa shape index (κ3) is 4.07. The van der Waals surface area contributed by atoms with Gasteiger partial charge < -0.3 is 4.74 Å². The maximum Gasteiger partial charge on any atom is 0.387 e. The average molecular weight is 411 g/mol. The van der Waals surface area contributed by atoms with Gasteiger partial charge in [-0.15, -0.1) is 11.3 Å². The Morgan fingerprint density at radius 2 is 1.86 bits per heavy atom. The highest BCUT2D eigenvalue weighted by Crippen LogP contribution is 2.32. The summed E-state index contributed by atoms with van der Waals surface area (Å²) in [6, 6.07) is 15.3. The average Bonchev–Trinajstić information content (AvgIpc) is 3.07. The molecule has 1 amide bonds. The standard InChI is InChI=1S/C21H15F2N3O2S/c1-12-18(13-6-8-14(9-7-13)28-20(22)23)25-21(29-12)26-19(27)16-10-11-24-17-5-3-2-4-15(16)17/h2-11,20H,1H3,(H,25,26,27). The summed E-state index contributed by atoms with van der Waals surface area (Å²) in [5.41, 5.74) is 2.67. The molecule has 0 aliphatic heterocycles. The topological polar surface area (TPSA) is 64.1 Å². The summed E-state index contributed by atoms with van der Waals surface area (Å²) < 4.78 is 29.0. The van der Waals surface area contributed by atoms with Crippen molar-refractivity contribution >= 4 is 33.3 Å². The van der Waals surface area contributed by atoms with Gasteiger partial charge in [-0.3, -0.25) is 15.1 Å². The molecule has 0 saturated heterocycles. The Morgan fingerprint density at radius 3 is 2.62 bits per heavy atom. The molecule has 2 aromatic carbocycles. The molecule has 29 heavy (non-hydrogen) atoms. The van der Waals surface area contributed by atoms with Gasteiger partial charge in [0.05, 0.1) is 16.8 Å². The van der Waals surface area contributed by atoms with Gasteiger partial charge in [-0.2, -0.15) is 8.78 Å². The number of para-hydroxylation sites is 1. The molecule has 1 N–H and O–H groups in total. The van der Waals surface area contributed by atoms with Gasteiger partial charge in [-0.25, -0.2) is 4.98 Å². The van der Waals surface area contributed by atoms with E-state index in [1.54, 1.807) is 24.4 Å². The van der Waals surface area contributed by atoms with Crippen LogP contribution in [0.1, 0.15) is 15.2 Å². The van der Waals surface area contributed by atoms with E-state index in [0.29, 0.717) is 16.4 Å². The number of rotatable bonds is 5. The predicted molar refractivity (Wildman–Crippen MR) is 109 cm³/mol. The number of halogens is 2. The number of anilines is 1. The van der Waals surface area contributed by atoms with E-state index in [0.717, 1.165) is 21.3 Å². The Balaban J connectivity index is 1.57. The summed E-state index contributed by atoms with van der Waals surface area (Å²) in [6.07, 6.45) is 1.60. The Morgan fingerprint density at radius 1 is 1.10 bits per heavy atom. The smallest absolute Gasteiger partial charge is 0.387 e. The number of benzene rings is 2. The molecule has 0 fully saturated rings. The minimum atomic E-state index is -2.87. The fourth-order valence-electron chi connectivity index (χ4n) is 2.97. The van der Waals surface area contributed by atoms with Crippen molar-refractivity contribution in [1.82, 2.24) is 9.97 Å². The maximum absolute atomic E-state index is 12.8. The first-order chi connectivity index (χ1) is 14.0. The van der Waals surface area contributed by atoms with Crippen LogP contribution in [0.4, 0.5) is 13.9 Å². The fraction of sp³-hybridized carbons (Fsp3) is 0.0952. The van der Waals surface area contributed by atoms with E-state index in [1.165, 1.54) is 23.5 Å². The fourth-order valence-corrected chi connectivity index (χ4v) is 3.80. The second kappa shape index (κ2) is 7.92. The molecule has 0 saturated carbocycles. The van der Waals surface area contributed by atoms with Crippen LogP contribution in [0.15, 0.2) is 60.8 Å². The molecule has 0 aliphatic carbocycles. The number of carbonyl (C=O) groups is 1. The molecule has 4 aromatic rings. The van der Waals surface area contributed by atoms with Crippen LogP contribution >= 0.6 is 11.3 Å². The summed E-state index contributed by atoms with van der Waals surface area (Å²) >= 11 is 1.34. The number of nitrogens with zero attached hydrogens (tertiary/aromatic N) is 2. The van der Waals surface area contributed by atoms with Gasteiger partial charge in [0.1, 0.15) is 5.75 Å². The van der Waals surface area contributed by atoms with Crippen LogP contribution in [-0.2, 0) is 0 Å². The first-order valence-electron chi connectivity index (χ1n) is 8.69. The zero-order chi connectivity index (χ0) is 20.4. The molecule has 2 heterocycles. The number of carbonyl (C=O) groups excluding carboxylic acids is 1. The van der Waals surface area contributed by atoms with Gasteiger partial charge >= 0.3 is 6.61 Å². The molecule has 0 unspecified atom stereocenters. The Kier molecular flexibility index (Phi) is 5.18. The number of aromatic nitrogens is 2. The molecule has 0 radical (unpaired) electrons. The Hall–Kier alpha value is -3.39. The van der Waals surface area contributed by atoms with Gasteiger partial charge in [0, 0.05) is 22.0 Å². The molecule has 4 rings (SSSR count). The summed E-state index contributed by atoms with van der Waals surface area (Å²) in [7, 11) is 0. The molecule has 146 valence electrons. The Labute approximate surface area is 169 Å². The normalized spacial score (nSPS) is 11.0. The van der Waals surface area contributed by atoms with Gasteiger partial charge in [-0.1, -0.05) is 18.2 Å². The lowest BCUT2D eigenvalue weighted by Gasteiger charge is -2.06. The van der Waals surface area contributed by atoms with Crippen molar-refractivity contribution in [2.75, 3.05) is 5.32 Å². The second-order valence-corrected chi connectivity index (χ2v) is 7.36. The van der Waals surface area contributed by atoms with Crippen LogP contribution in [0.25, 0.3) is 22.2 Å². The molecular weight excluding hydrogens is 396 g/mol. The molecule has 0 bridgehead atoms. The van der Waals surface area contributed by atoms with Crippen molar-refractivity contribution in [2.24, 2.45) is 0 Å². The highest BCUT2D eigenvalue weighted by molar-refractivity contribution is 7.16. The third-order valence-corrected chi connectivity index (χ3v) is 5.15. The van der Waals surface area contributed by atoms with Crippen molar-refractivity contribution in [2.45, 2.75) is 13.5 Å². The van der Waals surface area contributed by atoms with Crippen LogP contribution in [0.3, 0.4) is 0 Å². The van der Waals surface area contributed by atoms with Gasteiger partial charge in [0.15, 0.2) is 5.13 Å². The van der Waals surface area contributed by atoms with Crippen molar-refractivity contribution in [1.29, 1.82) is 0 Å². The molecule has 0 atom stereocenters. The highest BCUT2D eigenvalue weighted by Gasteiger charge is 2.15. The number of ether oxygens (including phenoxy) is 1. The zero-order valence-corrected chi connectivity index (χ0v) is 16.0. The van der Waals surface area contributed by atoms with E-state index in [2.05, 4.69) is 20.0 Å². The Bertz CT molecular complexity index is 1170. The van der Waals surface area contributed by atoms with Crippen LogP contribution in [0.5, 0.6) is 5.75 Å². The number of hydrogen-bond donors (Lipinski definition) is 1. The first kappa shape index (κ1) is 18.9. The van der Waals surface area contributed by atoms with Gasteiger partial charge in [0.25, 0.3) is 5.91 Å². The summed E-state index contributed by atoms with van der Waals surface area (Å²) in [5, 5.41) is 4.05. The molecule has 8 heteroatoms. The van der Waals surface area contributed by atoms with Crippen molar-refractivity contribution in [3.05, 3.63) is 71.2 Å². The number of nitrogens with one attached hydrogen (secondary N) is 1. The lowest BCUT2D eigenvalue weighted by atomic mass is 10.1. The number of hydrogen-bond acceptors (Lipinski definition) is 5. The predicted octanol–water partition coefficient (Wildman–Crippen LogP) is 5.52. The monoisotopic (exact) mass is 411 g/mol. The second-order valence-electron chi connectivity index (χ2n) is 6.16. The van der Waals surface area contributed by atoms with Crippen LogP contribution in [-0.4, -0.2) is 22.5 Å². The number of thiazole rings is 1. The van der Waals surface area contributed by atoms with Gasteiger partial charge in [0.2, 0.25) is 0 Å². The van der Waals surface area contributed by atoms with E-state index in [9.17, 15) is 13.6 Å². The molecular formula is C21H15F2N3O2S. The number of fused-ring (bicyclic) bond motifs is 1. The van der Waals surface area contributed by atoms with Crippen LogP contribution in [0, 0.1) is 6.92 Å². The first-order valence-corrected chi connectivity index (χ1v) is 9.50. The largest absolute Gasteiger partial charge is 0.435 e. The number of pyridine rings is 1. The van der Waals surface area contributed by atoms with E-state index in [4.69, 9.17) is 0 Å². The molecule has 5 nitrogen and oxygen atoms in total. The minimum absolute atomic E-state index is 0.0784. The summed E-state index contributed by atoms with van der Waals surface area (Å²) in [4.78, 5) is 22.4. The minimum Gasteiger partial charge on any atom is -0.435 e. The number of aryl methyl sites for hydroxylation is 1. The van der Waals surface area contributed by atoms with E-state index >= 15 is 0 Å². The van der Waals surface area contributed by atoms with Crippen molar-refractivity contribution in [3.63, 3.8) is 0 Å². The third-order valence-electron chi connectivity index (χ3n) is 4.26. The number of alkyl halides is 2. The quantitative estimate of drug-likeness (QED) is 0.470. The lowest BCUT2D eigenvalue weighted by Crippen LogP contribution is -2.12. The van der Waals surface area contributed by atoms with E-state index in [-0.39, 0.29) is 11.7 Å². The molecule has 0 aliphatic rings. The molecule has 0 spiro atoms. The van der Waals surface area contributed by atoms with E-state index in [1.807, 2.05) is 31.2 Å². The summed E-state index contributed by atoms with van der Waals surface area (Å²) in [5.74, 6) is -0.195. The lowest BCUT2D eigenvalue weighted by molar-refractivity contribution is -0.0498.